The average Bonchev–Trinajstić information content (AvgIpc) is 3.14. The number of rotatable bonds is 9. The van der Waals surface area contributed by atoms with Crippen LogP contribution in [0.25, 0.3) is 11.1 Å². The Hall–Kier alpha value is -3.55. The fraction of sp³-hybridized carbons (Fsp3) is 0.444. The zero-order valence-electron chi connectivity index (χ0n) is 20.9. The van der Waals surface area contributed by atoms with Crippen molar-refractivity contribution in [3.63, 3.8) is 0 Å². The summed E-state index contributed by atoms with van der Waals surface area (Å²) in [5.41, 5.74) is 4.01. The van der Waals surface area contributed by atoms with Gasteiger partial charge in [0, 0.05) is 19.5 Å². The summed E-state index contributed by atoms with van der Waals surface area (Å²) >= 11 is 0. The van der Waals surface area contributed by atoms with E-state index in [1.807, 2.05) is 24.3 Å². The summed E-state index contributed by atoms with van der Waals surface area (Å²) in [7, 11) is 1.53. The smallest absolute Gasteiger partial charge is 0.407 e. The second kappa shape index (κ2) is 11.7. The minimum Gasteiger partial charge on any atom is -0.449 e. The maximum atomic E-state index is 12.6. The van der Waals surface area contributed by atoms with Gasteiger partial charge in [-0.15, -0.1) is 0 Å². The first kappa shape index (κ1) is 26.1. The molecule has 0 radical (unpaired) electrons. The van der Waals surface area contributed by atoms with E-state index in [1.165, 1.54) is 7.05 Å². The van der Waals surface area contributed by atoms with Crippen LogP contribution in [0.4, 0.5) is 9.59 Å². The lowest BCUT2D eigenvalue weighted by molar-refractivity contribution is -0.122. The number of amides is 3. The molecule has 0 saturated heterocycles. The highest BCUT2D eigenvalue weighted by Crippen LogP contribution is 2.44. The second-order valence-electron chi connectivity index (χ2n) is 9.56. The van der Waals surface area contributed by atoms with E-state index in [1.54, 1.807) is 20.8 Å². The van der Waals surface area contributed by atoms with Crippen molar-refractivity contribution < 1.29 is 23.9 Å². The summed E-state index contributed by atoms with van der Waals surface area (Å²) in [4.78, 5) is 36.6. The summed E-state index contributed by atoms with van der Waals surface area (Å²) in [6.07, 6.45) is 0.570. The quantitative estimate of drug-likeness (QED) is 0.462. The summed E-state index contributed by atoms with van der Waals surface area (Å²) in [5.74, 6) is -0.343. The molecule has 0 aromatic heterocycles. The number of carbonyl (C=O) groups is 3. The molecule has 3 rings (SSSR count). The number of fused-ring (bicyclic) bond motifs is 3. The third-order valence-electron chi connectivity index (χ3n) is 5.79. The van der Waals surface area contributed by atoms with E-state index in [4.69, 9.17) is 9.47 Å². The summed E-state index contributed by atoms with van der Waals surface area (Å²) in [5, 5.41) is 7.96. The van der Waals surface area contributed by atoms with Crippen molar-refractivity contribution in [2.75, 3.05) is 20.2 Å². The van der Waals surface area contributed by atoms with Gasteiger partial charge in [0.25, 0.3) is 0 Å². The number of ether oxygens (including phenoxy) is 2. The van der Waals surface area contributed by atoms with Gasteiger partial charge < -0.3 is 25.4 Å². The van der Waals surface area contributed by atoms with Gasteiger partial charge >= 0.3 is 12.2 Å². The first-order valence-electron chi connectivity index (χ1n) is 12.0. The van der Waals surface area contributed by atoms with Gasteiger partial charge in [-0.1, -0.05) is 48.5 Å². The predicted molar refractivity (Wildman–Crippen MR) is 134 cm³/mol. The van der Waals surface area contributed by atoms with E-state index in [-0.39, 0.29) is 18.4 Å². The Labute approximate surface area is 206 Å². The van der Waals surface area contributed by atoms with Crippen LogP contribution in [0.3, 0.4) is 0 Å². The van der Waals surface area contributed by atoms with Crippen LogP contribution in [-0.2, 0) is 14.3 Å². The van der Waals surface area contributed by atoms with Crippen LogP contribution in [0.1, 0.15) is 57.1 Å². The van der Waals surface area contributed by atoms with Gasteiger partial charge in [-0.3, -0.25) is 4.79 Å². The van der Waals surface area contributed by atoms with Crippen LogP contribution in [0, 0.1) is 0 Å². The number of likely N-dealkylation sites (N-methyl/N-ethyl adjacent to an activating group) is 1. The fourth-order valence-electron chi connectivity index (χ4n) is 4.20. The first-order valence-corrected chi connectivity index (χ1v) is 12.0. The zero-order valence-corrected chi connectivity index (χ0v) is 20.9. The van der Waals surface area contributed by atoms with Gasteiger partial charge in [-0.05, 0) is 62.3 Å². The van der Waals surface area contributed by atoms with Crippen molar-refractivity contribution >= 4 is 18.1 Å². The topological polar surface area (TPSA) is 106 Å². The summed E-state index contributed by atoms with van der Waals surface area (Å²) in [6.45, 7) is 6.00. The zero-order chi connectivity index (χ0) is 25.4. The molecule has 3 N–H and O–H groups in total. The van der Waals surface area contributed by atoms with Crippen LogP contribution < -0.4 is 16.0 Å². The second-order valence-corrected chi connectivity index (χ2v) is 9.56. The maximum absolute atomic E-state index is 12.6. The highest BCUT2D eigenvalue weighted by atomic mass is 16.6. The maximum Gasteiger partial charge on any atom is 0.407 e. The molecule has 1 aliphatic rings. The van der Waals surface area contributed by atoms with E-state index in [2.05, 4.69) is 40.2 Å². The molecule has 1 aliphatic carbocycles. The minimum atomic E-state index is -0.725. The minimum absolute atomic E-state index is 0.0504. The number of alkyl carbamates (subject to hydrolysis) is 2. The molecule has 0 spiro atoms. The molecule has 0 heterocycles. The number of benzene rings is 2. The van der Waals surface area contributed by atoms with Crippen molar-refractivity contribution in [2.45, 2.75) is 57.6 Å². The molecule has 2 aromatic rings. The van der Waals surface area contributed by atoms with Gasteiger partial charge in [0.2, 0.25) is 5.91 Å². The van der Waals surface area contributed by atoms with E-state index in [0.29, 0.717) is 25.8 Å². The van der Waals surface area contributed by atoms with E-state index < -0.39 is 23.8 Å². The van der Waals surface area contributed by atoms with Gasteiger partial charge in [0.1, 0.15) is 18.2 Å². The molecule has 0 aliphatic heterocycles. The molecule has 0 saturated carbocycles. The van der Waals surface area contributed by atoms with Crippen LogP contribution in [0.15, 0.2) is 48.5 Å². The van der Waals surface area contributed by atoms with Crippen LogP contribution in [0.2, 0.25) is 0 Å². The van der Waals surface area contributed by atoms with Gasteiger partial charge in [-0.25, -0.2) is 9.59 Å². The van der Waals surface area contributed by atoms with Crippen LogP contribution in [-0.4, -0.2) is 49.9 Å². The van der Waals surface area contributed by atoms with Crippen molar-refractivity contribution in [3.05, 3.63) is 59.7 Å². The molecule has 188 valence electrons. The molecule has 2 aromatic carbocycles. The van der Waals surface area contributed by atoms with E-state index >= 15 is 0 Å². The first-order chi connectivity index (χ1) is 16.7. The molecule has 35 heavy (non-hydrogen) atoms. The average molecular weight is 482 g/mol. The molecule has 0 unspecified atom stereocenters. The monoisotopic (exact) mass is 481 g/mol. The predicted octanol–water partition coefficient (Wildman–Crippen LogP) is 4.33. The highest BCUT2D eigenvalue weighted by Gasteiger charge is 2.29. The van der Waals surface area contributed by atoms with Gasteiger partial charge in [-0.2, -0.15) is 0 Å². The molecule has 8 nitrogen and oxygen atoms in total. The Bertz CT molecular complexity index is 1000. The van der Waals surface area contributed by atoms with E-state index in [0.717, 1.165) is 22.3 Å². The summed E-state index contributed by atoms with van der Waals surface area (Å²) < 4.78 is 10.8. The fourth-order valence-corrected chi connectivity index (χ4v) is 4.20. The highest BCUT2D eigenvalue weighted by molar-refractivity contribution is 5.85. The third-order valence-corrected chi connectivity index (χ3v) is 5.79. The molecule has 8 heteroatoms. The SMILES string of the molecule is CNC(=O)[C@H](CCCCNC(=O)OC(C)(C)C)NC(=O)OCC1c2ccccc2-c2ccccc21. The Morgan fingerprint density at radius 3 is 2.09 bits per heavy atom. The Morgan fingerprint density at radius 2 is 1.51 bits per heavy atom. The summed E-state index contributed by atoms with van der Waals surface area (Å²) in [6, 6.07) is 15.5. The van der Waals surface area contributed by atoms with Crippen molar-refractivity contribution in [2.24, 2.45) is 0 Å². The lowest BCUT2D eigenvalue weighted by Gasteiger charge is -2.20. The number of carbonyl (C=O) groups excluding carboxylic acids is 3. The Balaban J connectivity index is 1.49. The molecule has 1 atom stereocenters. The van der Waals surface area contributed by atoms with Gasteiger partial charge in [0.05, 0.1) is 0 Å². The van der Waals surface area contributed by atoms with Crippen molar-refractivity contribution in [1.29, 1.82) is 0 Å². The molecule has 0 fully saturated rings. The molecular weight excluding hydrogens is 446 g/mol. The Kier molecular flexibility index (Phi) is 8.73. The molecule has 0 bridgehead atoms. The largest absolute Gasteiger partial charge is 0.449 e. The molecular formula is C27H35N3O5. The van der Waals surface area contributed by atoms with Crippen LogP contribution in [0.5, 0.6) is 0 Å². The lowest BCUT2D eigenvalue weighted by atomic mass is 9.98. The van der Waals surface area contributed by atoms with Crippen molar-refractivity contribution in [3.8, 4) is 11.1 Å². The molecule has 3 amide bonds. The van der Waals surface area contributed by atoms with Gasteiger partial charge in [0.15, 0.2) is 0 Å². The normalized spacial score (nSPS) is 13.3. The standard InChI is InChI=1S/C27H35N3O5/c1-27(2,3)35-25(32)29-16-10-9-15-23(24(31)28-4)30-26(33)34-17-22-20-13-7-5-11-18(20)19-12-6-8-14-21(19)22/h5-8,11-14,22-23H,9-10,15-17H2,1-4H3,(H,28,31)(H,29,32)(H,30,33)/t23-/m0/s1. The Morgan fingerprint density at radius 1 is 0.914 bits per heavy atom. The number of nitrogens with one attached hydrogen (secondary N) is 3. The van der Waals surface area contributed by atoms with Crippen LogP contribution >= 0.6 is 0 Å². The number of hydrogen-bond donors (Lipinski definition) is 3. The lowest BCUT2D eigenvalue weighted by Crippen LogP contribution is -2.46. The third kappa shape index (κ3) is 7.21. The van der Waals surface area contributed by atoms with E-state index in [9.17, 15) is 14.4 Å². The van der Waals surface area contributed by atoms with Crippen molar-refractivity contribution in [1.82, 2.24) is 16.0 Å². The number of hydrogen-bond acceptors (Lipinski definition) is 5. The number of unbranched alkanes of at least 4 members (excludes halogenated alkanes) is 1.